The maximum atomic E-state index is 10.6. The Labute approximate surface area is 67.9 Å². The largest absolute Gasteiger partial charge is 0.416 e. The summed E-state index contributed by atoms with van der Waals surface area (Å²) in [7, 11) is 0. The minimum Gasteiger partial charge on any atom is -0.406 e. The van der Waals surface area contributed by atoms with Gasteiger partial charge < -0.3 is 4.42 Å². The van der Waals surface area contributed by atoms with Crippen LogP contribution in [0.4, 0.5) is 0 Å². The van der Waals surface area contributed by atoms with Gasteiger partial charge in [-0.3, -0.25) is 9.97 Å². The number of pyridine rings is 1. The molecule has 0 saturated heterocycles. The number of hydrogen-bond donors (Lipinski definition) is 1. The molecule has 0 fully saturated rings. The van der Waals surface area contributed by atoms with Gasteiger partial charge in [0.15, 0.2) is 5.76 Å². The lowest BCUT2D eigenvalue weighted by atomic mass is 10.3. The number of rotatable bonds is 1. The molecule has 2 heterocycles. The second-order valence-corrected chi connectivity index (χ2v) is 2.26. The van der Waals surface area contributed by atoms with Gasteiger partial charge in [-0.2, -0.15) is 0 Å². The van der Waals surface area contributed by atoms with Crippen LogP contribution in [0.1, 0.15) is 0 Å². The van der Waals surface area contributed by atoms with Crippen LogP contribution in [0.25, 0.3) is 11.5 Å². The summed E-state index contributed by atoms with van der Waals surface area (Å²) in [5.74, 6) is -0.00347. The van der Waals surface area contributed by atoms with Crippen LogP contribution in [0.5, 0.6) is 0 Å². The first-order valence-electron chi connectivity index (χ1n) is 3.46. The third-order valence-electron chi connectivity index (χ3n) is 1.44. The summed E-state index contributed by atoms with van der Waals surface area (Å²) in [5.41, 5.74) is 0.649. The third-order valence-corrected chi connectivity index (χ3v) is 1.44. The van der Waals surface area contributed by atoms with Crippen molar-refractivity contribution in [3.8, 4) is 11.5 Å². The molecule has 0 saturated carbocycles. The molecule has 1 N–H and O–H groups in total. The van der Waals surface area contributed by atoms with Gasteiger partial charge in [0.25, 0.3) is 0 Å². The van der Waals surface area contributed by atoms with E-state index in [1.54, 1.807) is 18.3 Å². The summed E-state index contributed by atoms with van der Waals surface area (Å²) >= 11 is 0. The van der Waals surface area contributed by atoms with Gasteiger partial charge in [-0.05, 0) is 12.1 Å². The van der Waals surface area contributed by atoms with Crippen LogP contribution in [0.2, 0.25) is 0 Å². The first-order valence-corrected chi connectivity index (χ1v) is 3.46. The number of H-pyrrole nitrogens is 1. The van der Waals surface area contributed by atoms with E-state index in [1.807, 2.05) is 6.07 Å². The minimum absolute atomic E-state index is 0.459. The second-order valence-electron chi connectivity index (χ2n) is 2.26. The molecule has 2 aromatic rings. The quantitative estimate of drug-likeness (QED) is 0.681. The zero-order valence-electron chi connectivity index (χ0n) is 6.15. The molecule has 0 amide bonds. The molecule has 4 nitrogen and oxygen atoms in total. The summed E-state index contributed by atoms with van der Waals surface area (Å²) in [5, 5.41) is 0. The van der Waals surface area contributed by atoms with E-state index in [9.17, 15) is 4.79 Å². The van der Waals surface area contributed by atoms with Crippen molar-refractivity contribution in [3.63, 3.8) is 0 Å². The Balaban J connectivity index is 2.51. The average Bonchev–Trinajstić information content (AvgIpc) is 2.54. The van der Waals surface area contributed by atoms with Crippen molar-refractivity contribution in [2.45, 2.75) is 0 Å². The van der Waals surface area contributed by atoms with E-state index in [0.29, 0.717) is 11.5 Å². The molecule has 2 rings (SSSR count). The topological polar surface area (TPSA) is 58.9 Å². The van der Waals surface area contributed by atoms with Crippen LogP contribution in [0.15, 0.2) is 39.8 Å². The predicted octanol–water partition coefficient (Wildman–Crippen LogP) is 1.03. The SMILES string of the molecule is O=c1[nH]cc(-c2ccccn2)o1. The molecule has 0 aromatic carbocycles. The van der Waals surface area contributed by atoms with E-state index in [1.165, 1.54) is 6.20 Å². The highest BCUT2D eigenvalue weighted by Crippen LogP contribution is 2.11. The van der Waals surface area contributed by atoms with Crippen molar-refractivity contribution in [2.75, 3.05) is 0 Å². The van der Waals surface area contributed by atoms with E-state index < -0.39 is 5.76 Å². The first kappa shape index (κ1) is 6.84. The number of aromatic nitrogens is 2. The van der Waals surface area contributed by atoms with Gasteiger partial charge in [-0.1, -0.05) is 6.07 Å². The van der Waals surface area contributed by atoms with E-state index in [2.05, 4.69) is 9.97 Å². The number of nitrogens with one attached hydrogen (secondary N) is 1. The molecule has 0 radical (unpaired) electrons. The maximum absolute atomic E-state index is 10.6. The fourth-order valence-corrected chi connectivity index (χ4v) is 0.918. The summed E-state index contributed by atoms with van der Waals surface area (Å²) in [6.07, 6.45) is 3.13. The van der Waals surface area contributed by atoms with Gasteiger partial charge in [0.1, 0.15) is 5.69 Å². The van der Waals surface area contributed by atoms with E-state index in [4.69, 9.17) is 4.42 Å². The maximum Gasteiger partial charge on any atom is 0.416 e. The van der Waals surface area contributed by atoms with Crippen molar-refractivity contribution in [2.24, 2.45) is 0 Å². The molecular weight excluding hydrogens is 156 g/mol. The number of oxazole rings is 1. The Kier molecular flexibility index (Phi) is 1.51. The van der Waals surface area contributed by atoms with E-state index in [0.717, 1.165) is 0 Å². The monoisotopic (exact) mass is 162 g/mol. The Morgan fingerprint density at radius 3 is 2.92 bits per heavy atom. The van der Waals surface area contributed by atoms with Crippen LogP contribution in [-0.4, -0.2) is 9.97 Å². The van der Waals surface area contributed by atoms with Gasteiger partial charge in [0.05, 0.1) is 6.20 Å². The summed E-state index contributed by atoms with van der Waals surface area (Å²) in [4.78, 5) is 17.0. The van der Waals surface area contributed by atoms with Gasteiger partial charge in [-0.25, -0.2) is 4.79 Å². The zero-order chi connectivity index (χ0) is 8.39. The molecule has 2 aromatic heterocycles. The Morgan fingerprint density at radius 2 is 2.33 bits per heavy atom. The van der Waals surface area contributed by atoms with E-state index in [-0.39, 0.29) is 0 Å². The molecule has 0 atom stereocenters. The fraction of sp³-hybridized carbons (Fsp3) is 0. The molecule has 0 unspecified atom stereocenters. The lowest BCUT2D eigenvalue weighted by Crippen LogP contribution is -1.92. The lowest BCUT2D eigenvalue weighted by Gasteiger charge is -1.90. The van der Waals surface area contributed by atoms with Crippen molar-refractivity contribution in [1.82, 2.24) is 9.97 Å². The van der Waals surface area contributed by atoms with Crippen LogP contribution < -0.4 is 5.76 Å². The van der Waals surface area contributed by atoms with Crippen molar-refractivity contribution >= 4 is 0 Å². The van der Waals surface area contributed by atoms with Gasteiger partial charge >= 0.3 is 5.76 Å². The minimum atomic E-state index is -0.462. The van der Waals surface area contributed by atoms with Gasteiger partial charge in [0.2, 0.25) is 0 Å². The predicted molar refractivity (Wildman–Crippen MR) is 42.6 cm³/mol. The lowest BCUT2D eigenvalue weighted by molar-refractivity contribution is 0.527. The molecular formula is C8H6N2O2. The van der Waals surface area contributed by atoms with Crippen molar-refractivity contribution < 1.29 is 4.42 Å². The summed E-state index contributed by atoms with van der Waals surface area (Å²) in [6.45, 7) is 0. The number of aromatic amines is 1. The Morgan fingerprint density at radius 1 is 1.42 bits per heavy atom. The van der Waals surface area contributed by atoms with Gasteiger partial charge in [0, 0.05) is 6.20 Å². The van der Waals surface area contributed by atoms with Crippen LogP contribution in [-0.2, 0) is 0 Å². The molecule has 12 heavy (non-hydrogen) atoms. The van der Waals surface area contributed by atoms with Crippen molar-refractivity contribution in [3.05, 3.63) is 41.1 Å². The summed E-state index contributed by atoms with van der Waals surface area (Å²) in [6, 6.07) is 5.40. The molecule has 0 aliphatic heterocycles. The van der Waals surface area contributed by atoms with Crippen LogP contribution in [0.3, 0.4) is 0 Å². The first-order chi connectivity index (χ1) is 5.86. The average molecular weight is 162 g/mol. The van der Waals surface area contributed by atoms with Crippen LogP contribution in [0, 0.1) is 0 Å². The zero-order valence-corrected chi connectivity index (χ0v) is 6.15. The summed E-state index contributed by atoms with van der Waals surface area (Å²) < 4.78 is 4.80. The van der Waals surface area contributed by atoms with E-state index >= 15 is 0 Å². The number of hydrogen-bond acceptors (Lipinski definition) is 3. The molecule has 60 valence electrons. The third kappa shape index (κ3) is 1.14. The normalized spacial score (nSPS) is 10.0. The second kappa shape index (κ2) is 2.65. The highest BCUT2D eigenvalue weighted by molar-refractivity contribution is 5.49. The highest BCUT2D eigenvalue weighted by atomic mass is 16.4. The Hall–Kier alpha value is -1.84. The smallest absolute Gasteiger partial charge is 0.406 e. The van der Waals surface area contributed by atoms with Gasteiger partial charge in [-0.15, -0.1) is 0 Å². The standard InChI is InChI=1S/C8H6N2O2/c11-8-10-5-7(12-8)6-3-1-2-4-9-6/h1-5H,(H,10,11). The highest BCUT2D eigenvalue weighted by Gasteiger charge is 2.01. The Bertz CT molecular complexity index is 416. The molecule has 0 aliphatic rings. The fourth-order valence-electron chi connectivity index (χ4n) is 0.918. The molecule has 0 spiro atoms. The number of nitrogens with zero attached hydrogens (tertiary/aromatic N) is 1. The molecule has 4 heteroatoms. The molecule has 0 bridgehead atoms. The van der Waals surface area contributed by atoms with Crippen LogP contribution >= 0.6 is 0 Å². The van der Waals surface area contributed by atoms with Crippen molar-refractivity contribution in [1.29, 1.82) is 0 Å². The molecule has 0 aliphatic carbocycles.